The zero-order valence-corrected chi connectivity index (χ0v) is 13.6. The van der Waals surface area contributed by atoms with Crippen molar-refractivity contribution in [3.8, 4) is 11.3 Å². The predicted octanol–water partition coefficient (Wildman–Crippen LogP) is 3.41. The predicted molar refractivity (Wildman–Crippen MR) is 90.2 cm³/mol. The van der Waals surface area contributed by atoms with Crippen LogP contribution in [0.25, 0.3) is 16.2 Å². The number of aromatic nitrogens is 4. The molecule has 0 saturated carbocycles. The first-order chi connectivity index (χ1) is 10.3. The van der Waals surface area contributed by atoms with Crippen molar-refractivity contribution in [3.63, 3.8) is 0 Å². The third kappa shape index (κ3) is 3.19. The molecular weight excluding hydrogens is 302 g/mol. The van der Waals surface area contributed by atoms with Crippen LogP contribution in [-0.2, 0) is 0 Å². The van der Waals surface area contributed by atoms with Gasteiger partial charge in [-0.15, -0.1) is 5.10 Å². The molecule has 0 bridgehead atoms. The van der Waals surface area contributed by atoms with E-state index in [1.165, 1.54) is 0 Å². The smallest absolute Gasteiger partial charge is 0.214 e. The van der Waals surface area contributed by atoms with Crippen molar-refractivity contribution in [1.29, 1.82) is 0 Å². The van der Waals surface area contributed by atoms with E-state index in [2.05, 4.69) is 33.6 Å². The van der Waals surface area contributed by atoms with Crippen molar-refractivity contribution in [2.45, 2.75) is 19.4 Å². The highest BCUT2D eigenvalue weighted by molar-refractivity contribution is 7.98. The summed E-state index contributed by atoms with van der Waals surface area (Å²) in [5.74, 6) is 1.08. The monoisotopic (exact) mass is 319 g/mol. The molecule has 3 rings (SSSR count). The summed E-state index contributed by atoms with van der Waals surface area (Å²) in [5, 5.41) is 8.97. The maximum absolute atomic E-state index is 4.62. The number of hydrogen-bond acceptors (Lipinski definition) is 6. The second-order valence-electron chi connectivity index (χ2n) is 4.71. The SMILES string of the molecule is CCC(CSC)Nc1nn2cc(-c3cccnc3)nc2s1. The third-order valence-corrected chi connectivity index (χ3v) is 4.78. The molecule has 7 heteroatoms. The quantitative estimate of drug-likeness (QED) is 0.754. The van der Waals surface area contributed by atoms with Gasteiger partial charge in [0.05, 0.1) is 11.9 Å². The van der Waals surface area contributed by atoms with Crippen molar-refractivity contribution in [2.75, 3.05) is 17.3 Å². The number of fused-ring (bicyclic) bond motifs is 1. The fraction of sp³-hybridized carbons (Fsp3) is 0.357. The van der Waals surface area contributed by atoms with E-state index in [0.29, 0.717) is 6.04 Å². The summed E-state index contributed by atoms with van der Waals surface area (Å²) in [5.41, 5.74) is 1.92. The zero-order chi connectivity index (χ0) is 14.7. The van der Waals surface area contributed by atoms with Gasteiger partial charge in [-0.1, -0.05) is 18.3 Å². The number of hydrogen-bond donors (Lipinski definition) is 1. The molecule has 0 aliphatic rings. The second-order valence-corrected chi connectivity index (χ2v) is 6.57. The largest absolute Gasteiger partial charge is 0.357 e. The Balaban J connectivity index is 1.81. The van der Waals surface area contributed by atoms with Gasteiger partial charge in [0.1, 0.15) is 0 Å². The minimum Gasteiger partial charge on any atom is -0.357 e. The van der Waals surface area contributed by atoms with E-state index in [-0.39, 0.29) is 0 Å². The van der Waals surface area contributed by atoms with Gasteiger partial charge in [0.2, 0.25) is 10.1 Å². The molecular formula is C14H17N5S2. The lowest BCUT2D eigenvalue weighted by molar-refractivity contribution is 0.768. The van der Waals surface area contributed by atoms with Crippen molar-refractivity contribution in [1.82, 2.24) is 19.6 Å². The van der Waals surface area contributed by atoms with Crippen LogP contribution in [0.15, 0.2) is 30.7 Å². The topological polar surface area (TPSA) is 55.1 Å². The van der Waals surface area contributed by atoms with Crippen LogP contribution in [0.1, 0.15) is 13.3 Å². The number of anilines is 1. The van der Waals surface area contributed by atoms with E-state index in [9.17, 15) is 0 Å². The van der Waals surface area contributed by atoms with Crippen LogP contribution < -0.4 is 5.32 Å². The Kier molecular flexibility index (Phi) is 4.40. The molecule has 0 saturated heterocycles. The molecule has 1 unspecified atom stereocenters. The summed E-state index contributed by atoms with van der Waals surface area (Å²) in [6, 6.07) is 4.37. The summed E-state index contributed by atoms with van der Waals surface area (Å²) < 4.78 is 1.83. The van der Waals surface area contributed by atoms with Crippen LogP contribution >= 0.6 is 23.1 Å². The molecule has 21 heavy (non-hydrogen) atoms. The number of nitrogens with zero attached hydrogens (tertiary/aromatic N) is 4. The molecule has 5 nitrogen and oxygen atoms in total. The molecule has 0 amide bonds. The molecule has 0 fully saturated rings. The Morgan fingerprint density at radius 1 is 1.48 bits per heavy atom. The van der Waals surface area contributed by atoms with E-state index in [0.717, 1.165) is 33.5 Å². The highest BCUT2D eigenvalue weighted by atomic mass is 32.2. The van der Waals surface area contributed by atoms with E-state index in [1.807, 2.05) is 40.8 Å². The normalized spacial score (nSPS) is 12.7. The third-order valence-electron chi connectivity index (χ3n) is 3.19. The highest BCUT2D eigenvalue weighted by Gasteiger charge is 2.12. The fourth-order valence-electron chi connectivity index (χ4n) is 2.05. The molecule has 1 N–H and O–H groups in total. The van der Waals surface area contributed by atoms with Gasteiger partial charge >= 0.3 is 0 Å². The van der Waals surface area contributed by atoms with Crippen molar-refractivity contribution < 1.29 is 0 Å². The van der Waals surface area contributed by atoms with Gasteiger partial charge in [0, 0.05) is 29.8 Å². The lowest BCUT2D eigenvalue weighted by Crippen LogP contribution is -2.20. The van der Waals surface area contributed by atoms with Crippen LogP contribution in [0, 0.1) is 0 Å². The Bertz CT molecular complexity index is 675. The molecule has 3 heterocycles. The van der Waals surface area contributed by atoms with Gasteiger partial charge in [0.15, 0.2) is 0 Å². The summed E-state index contributed by atoms with van der Waals surface area (Å²) in [4.78, 5) is 9.64. The zero-order valence-electron chi connectivity index (χ0n) is 12.0. The molecule has 0 radical (unpaired) electrons. The van der Waals surface area contributed by atoms with Gasteiger partial charge in [-0.2, -0.15) is 11.8 Å². The maximum atomic E-state index is 4.62. The molecule has 0 aromatic carbocycles. The second kappa shape index (κ2) is 6.44. The number of pyridine rings is 1. The number of rotatable bonds is 6. The van der Waals surface area contributed by atoms with Gasteiger partial charge in [-0.3, -0.25) is 4.98 Å². The Hall–Kier alpha value is -1.60. The average Bonchev–Trinajstić information content (AvgIpc) is 3.06. The Morgan fingerprint density at radius 2 is 2.38 bits per heavy atom. The molecule has 3 aromatic rings. The van der Waals surface area contributed by atoms with Crippen LogP contribution in [0.4, 0.5) is 5.13 Å². The van der Waals surface area contributed by atoms with Gasteiger partial charge in [-0.25, -0.2) is 9.50 Å². The van der Waals surface area contributed by atoms with Gasteiger partial charge in [-0.05, 0) is 24.8 Å². The fourth-order valence-corrected chi connectivity index (χ4v) is 3.63. The van der Waals surface area contributed by atoms with Crippen molar-refractivity contribution >= 4 is 33.2 Å². The molecule has 0 aliphatic carbocycles. The van der Waals surface area contributed by atoms with Crippen molar-refractivity contribution in [2.24, 2.45) is 0 Å². The van der Waals surface area contributed by atoms with Crippen molar-refractivity contribution in [3.05, 3.63) is 30.7 Å². The van der Waals surface area contributed by atoms with E-state index in [1.54, 1.807) is 17.5 Å². The number of imidazole rings is 1. The first-order valence-corrected chi connectivity index (χ1v) is 9.03. The average molecular weight is 319 g/mol. The van der Waals surface area contributed by atoms with Gasteiger partial charge in [0.25, 0.3) is 0 Å². The Morgan fingerprint density at radius 3 is 3.05 bits per heavy atom. The Labute approximate surface area is 131 Å². The first-order valence-electron chi connectivity index (χ1n) is 6.82. The van der Waals surface area contributed by atoms with Crippen LogP contribution in [0.5, 0.6) is 0 Å². The molecule has 110 valence electrons. The molecule has 0 aliphatic heterocycles. The number of nitrogens with one attached hydrogen (secondary N) is 1. The lowest BCUT2D eigenvalue weighted by atomic mass is 10.2. The van der Waals surface area contributed by atoms with E-state index in [4.69, 9.17) is 0 Å². The van der Waals surface area contributed by atoms with E-state index >= 15 is 0 Å². The maximum Gasteiger partial charge on any atom is 0.214 e. The minimum absolute atomic E-state index is 0.452. The lowest BCUT2D eigenvalue weighted by Gasteiger charge is -2.13. The summed E-state index contributed by atoms with van der Waals surface area (Å²) in [6.45, 7) is 2.19. The van der Waals surface area contributed by atoms with E-state index < -0.39 is 0 Å². The summed E-state index contributed by atoms with van der Waals surface area (Å²) in [6.07, 6.45) is 8.74. The van der Waals surface area contributed by atoms with Crippen LogP contribution in [0.2, 0.25) is 0 Å². The van der Waals surface area contributed by atoms with Gasteiger partial charge < -0.3 is 5.32 Å². The highest BCUT2D eigenvalue weighted by Crippen LogP contribution is 2.24. The standard InChI is InChI=1S/C14H17N5S2/c1-3-11(9-20-2)16-13-18-19-8-12(17-14(19)21-13)10-5-4-6-15-7-10/h4-8,11H,3,9H2,1-2H3,(H,16,18). The van der Waals surface area contributed by atoms with Crippen LogP contribution in [0.3, 0.4) is 0 Å². The molecule has 0 spiro atoms. The minimum atomic E-state index is 0.452. The van der Waals surface area contributed by atoms with Crippen LogP contribution in [-0.4, -0.2) is 37.6 Å². The first kappa shape index (κ1) is 14.3. The molecule has 3 aromatic heterocycles. The number of thioether (sulfide) groups is 1. The summed E-state index contributed by atoms with van der Waals surface area (Å²) >= 11 is 3.43. The molecule has 1 atom stereocenters. The summed E-state index contributed by atoms with van der Waals surface area (Å²) in [7, 11) is 0.